The van der Waals surface area contributed by atoms with Crippen LogP contribution in [0.4, 0.5) is 16.2 Å². The first-order valence-corrected chi connectivity index (χ1v) is 11.3. The first-order valence-electron chi connectivity index (χ1n) is 11.3. The molecule has 35 heavy (non-hydrogen) atoms. The van der Waals surface area contributed by atoms with E-state index in [0.717, 1.165) is 11.1 Å². The van der Waals surface area contributed by atoms with Crippen molar-refractivity contribution in [3.8, 4) is 16.9 Å². The molecule has 0 aliphatic carbocycles. The SMILES string of the molecule is CCOc1ccccc1NC(=O)Nc1ccc(-c2ccc(C(=O)N[C@@H](C(=O)O)C(C)C)cc2)cc1. The van der Waals surface area contributed by atoms with Gasteiger partial charge in [-0.1, -0.05) is 50.2 Å². The highest BCUT2D eigenvalue weighted by Crippen LogP contribution is 2.25. The second-order valence-electron chi connectivity index (χ2n) is 8.20. The molecule has 0 aliphatic heterocycles. The van der Waals surface area contributed by atoms with Gasteiger partial charge in [0.05, 0.1) is 12.3 Å². The first-order chi connectivity index (χ1) is 16.8. The fraction of sp³-hybridized carbons (Fsp3) is 0.222. The fourth-order valence-electron chi connectivity index (χ4n) is 3.43. The Bertz CT molecular complexity index is 1170. The van der Waals surface area contributed by atoms with Crippen LogP contribution in [0.1, 0.15) is 31.1 Å². The number of rotatable bonds is 9. The lowest BCUT2D eigenvalue weighted by Crippen LogP contribution is -2.44. The number of urea groups is 1. The van der Waals surface area contributed by atoms with Crippen molar-refractivity contribution in [1.29, 1.82) is 0 Å². The molecule has 3 rings (SSSR count). The van der Waals surface area contributed by atoms with E-state index >= 15 is 0 Å². The molecule has 0 fully saturated rings. The lowest BCUT2D eigenvalue weighted by molar-refractivity contribution is -0.140. The van der Waals surface area contributed by atoms with E-state index in [-0.39, 0.29) is 11.9 Å². The molecular weight excluding hydrogens is 446 g/mol. The highest BCUT2D eigenvalue weighted by molar-refractivity contribution is 6.01. The Hall–Kier alpha value is -4.33. The Kier molecular flexibility index (Phi) is 8.45. The van der Waals surface area contributed by atoms with Crippen molar-refractivity contribution in [2.45, 2.75) is 26.8 Å². The normalized spacial score (nSPS) is 11.4. The second-order valence-corrected chi connectivity index (χ2v) is 8.20. The van der Waals surface area contributed by atoms with Crippen molar-refractivity contribution < 1.29 is 24.2 Å². The molecule has 4 N–H and O–H groups in total. The Balaban J connectivity index is 1.62. The van der Waals surface area contributed by atoms with Crippen LogP contribution in [0.5, 0.6) is 5.75 Å². The number of anilines is 2. The summed E-state index contributed by atoms with van der Waals surface area (Å²) in [4.78, 5) is 36.1. The van der Waals surface area contributed by atoms with Crippen LogP contribution in [0.25, 0.3) is 11.1 Å². The van der Waals surface area contributed by atoms with E-state index in [2.05, 4.69) is 16.0 Å². The second kappa shape index (κ2) is 11.7. The molecule has 0 spiro atoms. The van der Waals surface area contributed by atoms with Crippen LogP contribution in [-0.4, -0.2) is 35.7 Å². The molecule has 0 saturated heterocycles. The number of carbonyl (C=O) groups is 3. The zero-order valence-electron chi connectivity index (χ0n) is 19.9. The zero-order valence-corrected chi connectivity index (χ0v) is 19.9. The van der Waals surface area contributed by atoms with Gasteiger partial charge in [0.1, 0.15) is 11.8 Å². The van der Waals surface area contributed by atoms with E-state index in [1.54, 1.807) is 62.4 Å². The van der Waals surface area contributed by atoms with Crippen molar-refractivity contribution in [1.82, 2.24) is 5.32 Å². The van der Waals surface area contributed by atoms with Gasteiger partial charge in [-0.3, -0.25) is 4.79 Å². The Morgan fingerprint density at radius 1 is 0.857 bits per heavy atom. The summed E-state index contributed by atoms with van der Waals surface area (Å²) >= 11 is 0. The smallest absolute Gasteiger partial charge is 0.326 e. The van der Waals surface area contributed by atoms with Gasteiger partial charge in [0.15, 0.2) is 0 Å². The molecule has 0 bridgehead atoms. The van der Waals surface area contributed by atoms with Crippen LogP contribution in [0, 0.1) is 5.92 Å². The van der Waals surface area contributed by atoms with Gasteiger partial charge >= 0.3 is 12.0 Å². The maximum absolute atomic E-state index is 12.4. The summed E-state index contributed by atoms with van der Waals surface area (Å²) in [5, 5.41) is 17.4. The Labute approximate surface area is 204 Å². The summed E-state index contributed by atoms with van der Waals surface area (Å²) < 4.78 is 5.52. The summed E-state index contributed by atoms with van der Waals surface area (Å²) in [5.41, 5.74) is 3.35. The largest absolute Gasteiger partial charge is 0.492 e. The minimum absolute atomic E-state index is 0.232. The van der Waals surface area contributed by atoms with E-state index < -0.39 is 17.9 Å². The van der Waals surface area contributed by atoms with Gasteiger partial charge in [-0.05, 0) is 60.4 Å². The number of carboxylic acid groups (broad SMARTS) is 1. The van der Waals surface area contributed by atoms with Crippen LogP contribution >= 0.6 is 0 Å². The van der Waals surface area contributed by atoms with Crippen molar-refractivity contribution >= 4 is 29.3 Å². The third-order valence-corrected chi connectivity index (χ3v) is 5.28. The highest BCUT2D eigenvalue weighted by atomic mass is 16.5. The minimum Gasteiger partial charge on any atom is -0.492 e. The van der Waals surface area contributed by atoms with Crippen LogP contribution in [-0.2, 0) is 4.79 Å². The fourth-order valence-corrected chi connectivity index (χ4v) is 3.43. The molecule has 182 valence electrons. The van der Waals surface area contributed by atoms with E-state index in [1.165, 1.54) is 0 Å². The first kappa shape index (κ1) is 25.3. The average Bonchev–Trinajstić information content (AvgIpc) is 2.84. The Morgan fingerprint density at radius 2 is 1.46 bits per heavy atom. The number of hydrogen-bond donors (Lipinski definition) is 4. The number of amides is 3. The molecule has 0 heterocycles. The monoisotopic (exact) mass is 475 g/mol. The number of ether oxygens (including phenoxy) is 1. The van der Waals surface area contributed by atoms with Gasteiger partial charge in [-0.2, -0.15) is 0 Å². The van der Waals surface area contributed by atoms with Gasteiger partial charge in [0.2, 0.25) is 0 Å². The van der Waals surface area contributed by atoms with Crippen molar-refractivity contribution in [2.24, 2.45) is 5.92 Å². The third kappa shape index (κ3) is 6.83. The molecule has 8 heteroatoms. The van der Waals surface area contributed by atoms with E-state index in [9.17, 15) is 19.5 Å². The van der Waals surface area contributed by atoms with Gasteiger partial charge in [0, 0.05) is 11.3 Å². The molecule has 3 amide bonds. The van der Waals surface area contributed by atoms with Crippen LogP contribution in [0.15, 0.2) is 72.8 Å². The summed E-state index contributed by atoms with van der Waals surface area (Å²) in [6, 6.07) is 20.0. The molecule has 0 aliphatic rings. The molecular formula is C27H29N3O5. The van der Waals surface area contributed by atoms with E-state index in [0.29, 0.717) is 29.3 Å². The van der Waals surface area contributed by atoms with Gasteiger partial charge in [-0.25, -0.2) is 9.59 Å². The summed E-state index contributed by atoms with van der Waals surface area (Å²) in [6.45, 7) is 5.85. The zero-order chi connectivity index (χ0) is 25.4. The molecule has 3 aromatic carbocycles. The number of benzene rings is 3. The topological polar surface area (TPSA) is 117 Å². The number of carboxylic acids is 1. The summed E-state index contributed by atoms with van der Waals surface area (Å²) in [6.07, 6.45) is 0. The summed E-state index contributed by atoms with van der Waals surface area (Å²) in [5.74, 6) is -1.13. The number of para-hydroxylation sites is 2. The van der Waals surface area contributed by atoms with Crippen molar-refractivity contribution in [3.05, 3.63) is 78.4 Å². The number of nitrogens with one attached hydrogen (secondary N) is 3. The van der Waals surface area contributed by atoms with Gasteiger partial charge < -0.3 is 25.8 Å². The van der Waals surface area contributed by atoms with Crippen molar-refractivity contribution in [3.63, 3.8) is 0 Å². The minimum atomic E-state index is -1.06. The van der Waals surface area contributed by atoms with Crippen molar-refractivity contribution in [2.75, 3.05) is 17.2 Å². The number of aliphatic carboxylic acids is 1. The predicted octanol–water partition coefficient (Wildman–Crippen LogP) is 5.24. The molecule has 8 nitrogen and oxygen atoms in total. The van der Waals surface area contributed by atoms with E-state index in [1.807, 2.05) is 31.2 Å². The number of carbonyl (C=O) groups excluding carboxylic acids is 2. The maximum atomic E-state index is 12.4. The maximum Gasteiger partial charge on any atom is 0.326 e. The predicted molar refractivity (Wildman–Crippen MR) is 136 cm³/mol. The van der Waals surface area contributed by atoms with Crippen LogP contribution in [0.3, 0.4) is 0 Å². The molecule has 0 unspecified atom stereocenters. The van der Waals surface area contributed by atoms with Crippen LogP contribution < -0.4 is 20.7 Å². The molecule has 0 saturated carbocycles. The molecule has 1 atom stereocenters. The Morgan fingerprint density at radius 3 is 2.03 bits per heavy atom. The summed E-state index contributed by atoms with van der Waals surface area (Å²) in [7, 11) is 0. The quantitative estimate of drug-likeness (QED) is 0.338. The lowest BCUT2D eigenvalue weighted by atomic mass is 10.0. The van der Waals surface area contributed by atoms with Gasteiger partial charge in [0.25, 0.3) is 5.91 Å². The third-order valence-electron chi connectivity index (χ3n) is 5.28. The van der Waals surface area contributed by atoms with Crippen LogP contribution in [0.2, 0.25) is 0 Å². The standard InChI is InChI=1S/C27H29N3O5/c1-4-35-23-8-6-5-7-22(23)29-27(34)28-21-15-13-19(14-16-21)18-9-11-20(12-10-18)25(31)30-24(17(2)3)26(32)33/h5-17,24H,4H2,1-3H3,(H,30,31)(H,32,33)(H2,28,29,34)/t24-/m1/s1. The van der Waals surface area contributed by atoms with E-state index in [4.69, 9.17) is 4.74 Å². The lowest BCUT2D eigenvalue weighted by Gasteiger charge is -2.18. The highest BCUT2D eigenvalue weighted by Gasteiger charge is 2.23. The van der Waals surface area contributed by atoms with Gasteiger partial charge in [-0.15, -0.1) is 0 Å². The molecule has 3 aromatic rings. The average molecular weight is 476 g/mol. The molecule has 0 aromatic heterocycles. The molecule has 0 radical (unpaired) electrons. The number of hydrogen-bond acceptors (Lipinski definition) is 4.